The Balaban J connectivity index is 2.32. The highest BCUT2D eigenvalue weighted by Crippen LogP contribution is 2.20. The van der Waals surface area contributed by atoms with Gasteiger partial charge in [-0.05, 0) is 39.2 Å². The van der Waals surface area contributed by atoms with Gasteiger partial charge < -0.3 is 5.73 Å². The number of nitrogens with two attached hydrogens (primary N) is 1. The number of hydrogen-bond acceptors (Lipinski definition) is 2. The topological polar surface area (TPSA) is 38.9 Å². The number of nitrogens with zero attached hydrogens (tertiary/aromatic N) is 1. The van der Waals surface area contributed by atoms with Crippen LogP contribution in [-0.2, 0) is 0 Å². The maximum Gasteiger partial charge on any atom is 0.106 e. The van der Waals surface area contributed by atoms with Gasteiger partial charge in [-0.1, -0.05) is 30.3 Å². The predicted molar refractivity (Wildman–Crippen MR) is 64.4 cm³/mol. The first kappa shape index (κ1) is 10.3. The lowest BCUT2D eigenvalue weighted by molar-refractivity contribution is 0.866. The molecule has 1 unspecified atom stereocenters. The molecule has 76 valence electrons. The molecule has 1 aromatic carbocycles. The molecule has 1 aromatic heterocycles. The third-order valence-electron chi connectivity index (χ3n) is 2.27. The van der Waals surface area contributed by atoms with Crippen molar-refractivity contribution >= 4 is 15.9 Å². The molecule has 2 rings (SSSR count). The number of aromatic nitrogens is 1. The van der Waals surface area contributed by atoms with Crippen molar-refractivity contribution in [1.82, 2.24) is 4.98 Å². The molecule has 0 fully saturated rings. The lowest BCUT2D eigenvalue weighted by atomic mass is 10.0. The van der Waals surface area contributed by atoms with Crippen molar-refractivity contribution in [1.29, 1.82) is 0 Å². The van der Waals surface area contributed by atoms with Crippen LogP contribution in [0.1, 0.15) is 17.2 Å². The van der Waals surface area contributed by atoms with Gasteiger partial charge in [-0.25, -0.2) is 4.98 Å². The summed E-state index contributed by atoms with van der Waals surface area (Å²) < 4.78 is 0.811. The normalized spacial score (nSPS) is 12.4. The van der Waals surface area contributed by atoms with Gasteiger partial charge in [-0.15, -0.1) is 0 Å². The van der Waals surface area contributed by atoms with Crippen LogP contribution in [-0.4, -0.2) is 4.98 Å². The highest BCUT2D eigenvalue weighted by atomic mass is 79.9. The minimum Gasteiger partial charge on any atom is -0.320 e. The zero-order valence-electron chi connectivity index (χ0n) is 8.10. The smallest absolute Gasteiger partial charge is 0.106 e. The number of halogens is 1. The first-order valence-electron chi connectivity index (χ1n) is 4.69. The van der Waals surface area contributed by atoms with Crippen molar-refractivity contribution < 1.29 is 0 Å². The summed E-state index contributed by atoms with van der Waals surface area (Å²) in [5, 5.41) is 0. The van der Waals surface area contributed by atoms with Crippen LogP contribution < -0.4 is 5.73 Å². The predicted octanol–water partition coefficient (Wildman–Crippen LogP) is 2.89. The zero-order valence-corrected chi connectivity index (χ0v) is 9.68. The molecule has 0 saturated carbocycles. The third-order valence-corrected chi connectivity index (χ3v) is 2.70. The summed E-state index contributed by atoms with van der Waals surface area (Å²) in [7, 11) is 0. The Morgan fingerprint density at radius 3 is 2.47 bits per heavy atom. The van der Waals surface area contributed by atoms with Crippen molar-refractivity contribution in [3.63, 3.8) is 0 Å². The summed E-state index contributed by atoms with van der Waals surface area (Å²) in [5.74, 6) is 0. The van der Waals surface area contributed by atoms with Crippen molar-refractivity contribution in [2.45, 2.75) is 6.04 Å². The van der Waals surface area contributed by atoms with E-state index in [1.54, 1.807) is 6.20 Å². The molecule has 2 nitrogen and oxygen atoms in total. The lowest BCUT2D eigenvalue weighted by Gasteiger charge is -2.12. The lowest BCUT2D eigenvalue weighted by Crippen LogP contribution is -2.11. The molecule has 0 amide bonds. The van der Waals surface area contributed by atoms with Crippen molar-refractivity contribution in [3.8, 4) is 0 Å². The average Bonchev–Trinajstić information content (AvgIpc) is 2.29. The minimum absolute atomic E-state index is 0.0921. The Morgan fingerprint density at radius 2 is 1.80 bits per heavy atom. The summed E-state index contributed by atoms with van der Waals surface area (Å²) in [6.45, 7) is 0. The molecule has 0 spiro atoms. The van der Waals surface area contributed by atoms with Gasteiger partial charge in [0.25, 0.3) is 0 Å². The fourth-order valence-electron chi connectivity index (χ4n) is 1.46. The summed E-state index contributed by atoms with van der Waals surface area (Å²) >= 11 is 3.34. The second-order valence-electron chi connectivity index (χ2n) is 3.30. The van der Waals surface area contributed by atoms with Gasteiger partial charge in [-0.2, -0.15) is 0 Å². The number of hydrogen-bond donors (Lipinski definition) is 1. The Bertz CT molecular complexity index is 442. The van der Waals surface area contributed by atoms with Crippen molar-refractivity contribution in [2.75, 3.05) is 0 Å². The molecule has 2 aromatic rings. The quantitative estimate of drug-likeness (QED) is 0.846. The summed E-state index contributed by atoms with van der Waals surface area (Å²) in [6.07, 6.45) is 1.75. The SMILES string of the molecule is NC(c1ccccc1)c1ccnc(Br)c1. The number of benzene rings is 1. The first-order valence-corrected chi connectivity index (χ1v) is 5.48. The monoisotopic (exact) mass is 262 g/mol. The van der Waals surface area contributed by atoms with E-state index in [2.05, 4.69) is 20.9 Å². The van der Waals surface area contributed by atoms with E-state index in [1.807, 2.05) is 42.5 Å². The molecule has 15 heavy (non-hydrogen) atoms. The molecule has 0 aliphatic rings. The van der Waals surface area contributed by atoms with Crippen LogP contribution in [0.4, 0.5) is 0 Å². The van der Waals surface area contributed by atoms with Crippen molar-refractivity contribution in [3.05, 3.63) is 64.4 Å². The van der Waals surface area contributed by atoms with Crippen LogP contribution in [0.25, 0.3) is 0 Å². The Morgan fingerprint density at radius 1 is 1.07 bits per heavy atom. The second-order valence-corrected chi connectivity index (χ2v) is 4.11. The Labute approximate surface area is 97.3 Å². The van der Waals surface area contributed by atoms with Gasteiger partial charge in [0.2, 0.25) is 0 Å². The summed E-state index contributed by atoms with van der Waals surface area (Å²) in [6, 6.07) is 13.8. The van der Waals surface area contributed by atoms with E-state index in [0.29, 0.717) is 0 Å². The molecule has 1 heterocycles. The van der Waals surface area contributed by atoms with E-state index in [4.69, 9.17) is 5.73 Å². The average molecular weight is 263 g/mol. The van der Waals surface area contributed by atoms with E-state index in [0.717, 1.165) is 15.7 Å². The highest BCUT2D eigenvalue weighted by Gasteiger charge is 2.08. The van der Waals surface area contributed by atoms with E-state index >= 15 is 0 Å². The van der Waals surface area contributed by atoms with E-state index in [9.17, 15) is 0 Å². The van der Waals surface area contributed by atoms with Gasteiger partial charge in [-0.3, -0.25) is 0 Å². The molecule has 0 saturated heterocycles. The second kappa shape index (κ2) is 4.55. The molecular formula is C12H11BrN2. The van der Waals surface area contributed by atoms with Crippen LogP contribution in [0.5, 0.6) is 0 Å². The highest BCUT2D eigenvalue weighted by molar-refractivity contribution is 9.10. The largest absolute Gasteiger partial charge is 0.320 e. The molecule has 0 radical (unpaired) electrons. The van der Waals surface area contributed by atoms with Crippen LogP contribution in [0.2, 0.25) is 0 Å². The molecule has 0 aliphatic heterocycles. The van der Waals surface area contributed by atoms with Gasteiger partial charge in [0.05, 0.1) is 6.04 Å². The Hall–Kier alpha value is -1.19. The van der Waals surface area contributed by atoms with Gasteiger partial charge in [0, 0.05) is 6.20 Å². The van der Waals surface area contributed by atoms with Crippen LogP contribution >= 0.6 is 15.9 Å². The molecule has 1 atom stereocenters. The standard InChI is InChI=1S/C12H11BrN2/c13-11-8-10(6-7-15-11)12(14)9-4-2-1-3-5-9/h1-8,12H,14H2. The van der Waals surface area contributed by atoms with Gasteiger partial charge >= 0.3 is 0 Å². The van der Waals surface area contributed by atoms with E-state index < -0.39 is 0 Å². The maximum atomic E-state index is 6.14. The number of rotatable bonds is 2. The van der Waals surface area contributed by atoms with Crippen LogP contribution in [0.15, 0.2) is 53.3 Å². The fraction of sp³-hybridized carbons (Fsp3) is 0.0833. The maximum absolute atomic E-state index is 6.14. The third kappa shape index (κ3) is 2.43. The zero-order chi connectivity index (χ0) is 10.7. The molecule has 0 aliphatic carbocycles. The summed E-state index contributed by atoms with van der Waals surface area (Å²) in [4.78, 5) is 4.08. The van der Waals surface area contributed by atoms with Crippen molar-refractivity contribution in [2.24, 2.45) is 5.73 Å². The van der Waals surface area contributed by atoms with Gasteiger partial charge in [0.15, 0.2) is 0 Å². The summed E-state index contributed by atoms with van der Waals surface area (Å²) in [5.41, 5.74) is 8.30. The molecule has 3 heteroatoms. The fourth-order valence-corrected chi connectivity index (χ4v) is 1.85. The minimum atomic E-state index is -0.0921. The van der Waals surface area contributed by atoms with Gasteiger partial charge in [0.1, 0.15) is 4.60 Å². The number of pyridine rings is 1. The molecule has 0 bridgehead atoms. The van der Waals surface area contributed by atoms with E-state index in [1.165, 1.54) is 0 Å². The van der Waals surface area contributed by atoms with Crippen LogP contribution in [0, 0.1) is 0 Å². The first-order chi connectivity index (χ1) is 7.27. The molecule has 2 N–H and O–H groups in total. The van der Waals surface area contributed by atoms with Crippen LogP contribution in [0.3, 0.4) is 0 Å². The molecular weight excluding hydrogens is 252 g/mol. The van der Waals surface area contributed by atoms with E-state index in [-0.39, 0.29) is 6.04 Å². The Kier molecular flexibility index (Phi) is 3.14.